The van der Waals surface area contributed by atoms with Crippen LogP contribution in [0.3, 0.4) is 0 Å². The Morgan fingerprint density at radius 3 is 1.94 bits per heavy atom. The molecular formula is C12H14ClF3. The van der Waals surface area contributed by atoms with Crippen LogP contribution in [0.2, 0.25) is 0 Å². The molecule has 0 atom stereocenters. The van der Waals surface area contributed by atoms with E-state index < -0.39 is 11.7 Å². The van der Waals surface area contributed by atoms with Crippen LogP contribution < -0.4 is 0 Å². The first-order valence-corrected chi connectivity index (χ1v) is 5.50. The summed E-state index contributed by atoms with van der Waals surface area (Å²) in [5, 5.41) is 0. The molecule has 0 radical (unpaired) electrons. The zero-order chi connectivity index (χ0) is 12.4. The van der Waals surface area contributed by atoms with Crippen molar-refractivity contribution in [2.45, 2.75) is 26.4 Å². The van der Waals surface area contributed by atoms with E-state index in [1.165, 1.54) is 12.1 Å². The molecule has 0 nitrogen and oxygen atoms in total. The molecule has 0 aliphatic carbocycles. The summed E-state index contributed by atoms with van der Waals surface area (Å²) in [5.74, 6) is 0.480. The maximum absolute atomic E-state index is 12.3. The molecule has 1 aromatic rings. The van der Waals surface area contributed by atoms with Crippen molar-refractivity contribution in [1.82, 2.24) is 0 Å². The third kappa shape index (κ3) is 3.71. The lowest BCUT2D eigenvalue weighted by atomic mass is 9.87. The molecule has 90 valence electrons. The second-order valence-corrected chi connectivity index (χ2v) is 4.94. The predicted molar refractivity (Wildman–Crippen MR) is 59.6 cm³/mol. The Balaban J connectivity index is 2.80. The SMILES string of the molecule is CC(C)(CCl)Cc1ccc(C(F)(F)F)cc1. The van der Waals surface area contributed by atoms with Gasteiger partial charge in [-0.25, -0.2) is 0 Å². The monoisotopic (exact) mass is 250 g/mol. The Morgan fingerprint density at radius 2 is 1.56 bits per heavy atom. The van der Waals surface area contributed by atoms with Crippen molar-refractivity contribution in [2.75, 3.05) is 5.88 Å². The average Bonchev–Trinajstić information content (AvgIpc) is 2.16. The van der Waals surface area contributed by atoms with Crippen LogP contribution in [0.5, 0.6) is 0 Å². The van der Waals surface area contributed by atoms with Gasteiger partial charge in [-0.05, 0) is 29.5 Å². The van der Waals surface area contributed by atoms with Crippen molar-refractivity contribution in [2.24, 2.45) is 5.41 Å². The van der Waals surface area contributed by atoms with Crippen LogP contribution in [0.25, 0.3) is 0 Å². The smallest absolute Gasteiger partial charge is 0.166 e. The Morgan fingerprint density at radius 1 is 1.06 bits per heavy atom. The van der Waals surface area contributed by atoms with E-state index in [1.807, 2.05) is 13.8 Å². The maximum Gasteiger partial charge on any atom is 0.416 e. The van der Waals surface area contributed by atoms with Gasteiger partial charge in [0.2, 0.25) is 0 Å². The lowest BCUT2D eigenvalue weighted by molar-refractivity contribution is -0.137. The highest BCUT2D eigenvalue weighted by molar-refractivity contribution is 6.18. The Labute approximate surface area is 98.4 Å². The van der Waals surface area contributed by atoms with E-state index in [-0.39, 0.29) is 5.41 Å². The first kappa shape index (κ1) is 13.4. The van der Waals surface area contributed by atoms with Crippen LogP contribution in [0, 0.1) is 5.41 Å². The third-order valence-corrected chi connectivity index (χ3v) is 3.05. The number of hydrogen-bond acceptors (Lipinski definition) is 0. The molecule has 16 heavy (non-hydrogen) atoms. The standard InChI is InChI=1S/C12H14ClF3/c1-11(2,8-13)7-9-3-5-10(6-4-9)12(14,15)16/h3-6H,7-8H2,1-2H3. The Kier molecular flexibility index (Phi) is 3.89. The van der Waals surface area contributed by atoms with Crippen molar-refractivity contribution < 1.29 is 13.2 Å². The lowest BCUT2D eigenvalue weighted by Gasteiger charge is -2.21. The van der Waals surface area contributed by atoms with Gasteiger partial charge in [0.05, 0.1) is 5.56 Å². The molecule has 0 spiro atoms. The van der Waals surface area contributed by atoms with Crippen LogP contribution in [0.15, 0.2) is 24.3 Å². The van der Waals surface area contributed by atoms with Crippen LogP contribution in [-0.2, 0) is 12.6 Å². The van der Waals surface area contributed by atoms with Gasteiger partial charge in [0.15, 0.2) is 0 Å². The summed E-state index contributed by atoms with van der Waals surface area (Å²) < 4.78 is 36.9. The fourth-order valence-corrected chi connectivity index (χ4v) is 1.51. The zero-order valence-corrected chi connectivity index (χ0v) is 9.99. The first-order chi connectivity index (χ1) is 7.24. The topological polar surface area (TPSA) is 0 Å². The molecule has 1 aromatic carbocycles. The van der Waals surface area contributed by atoms with E-state index in [9.17, 15) is 13.2 Å². The first-order valence-electron chi connectivity index (χ1n) is 4.97. The summed E-state index contributed by atoms with van der Waals surface area (Å²) in [6.07, 6.45) is -3.59. The van der Waals surface area contributed by atoms with Gasteiger partial charge in [-0.1, -0.05) is 26.0 Å². The minimum Gasteiger partial charge on any atom is -0.166 e. The third-order valence-electron chi connectivity index (χ3n) is 2.33. The Hall–Kier alpha value is -0.700. The van der Waals surface area contributed by atoms with E-state index in [0.717, 1.165) is 17.7 Å². The second kappa shape index (κ2) is 4.66. The number of rotatable bonds is 3. The quantitative estimate of drug-likeness (QED) is 0.693. The summed E-state index contributed by atoms with van der Waals surface area (Å²) in [7, 11) is 0. The largest absolute Gasteiger partial charge is 0.416 e. The summed E-state index contributed by atoms with van der Waals surface area (Å²) in [4.78, 5) is 0. The summed E-state index contributed by atoms with van der Waals surface area (Å²) in [6.45, 7) is 3.97. The van der Waals surface area contributed by atoms with Crippen LogP contribution >= 0.6 is 11.6 Å². The molecule has 0 saturated carbocycles. The molecule has 0 bridgehead atoms. The van der Waals surface area contributed by atoms with Gasteiger partial charge in [0.1, 0.15) is 0 Å². The highest BCUT2D eigenvalue weighted by Crippen LogP contribution is 2.30. The van der Waals surface area contributed by atoms with Crippen LogP contribution in [0.1, 0.15) is 25.0 Å². The second-order valence-electron chi connectivity index (χ2n) is 4.67. The van der Waals surface area contributed by atoms with Crippen molar-refractivity contribution in [3.8, 4) is 0 Å². The molecule has 0 aromatic heterocycles. The molecule has 0 saturated heterocycles. The molecular weight excluding hydrogens is 237 g/mol. The summed E-state index contributed by atoms with van der Waals surface area (Å²) in [6, 6.07) is 5.24. The molecule has 0 aliphatic rings. The molecule has 0 aliphatic heterocycles. The minimum absolute atomic E-state index is 0.0959. The number of benzene rings is 1. The van der Waals surface area contributed by atoms with Gasteiger partial charge < -0.3 is 0 Å². The molecule has 4 heteroatoms. The summed E-state index contributed by atoms with van der Waals surface area (Å²) >= 11 is 5.77. The van der Waals surface area contributed by atoms with Crippen LogP contribution in [0.4, 0.5) is 13.2 Å². The highest BCUT2D eigenvalue weighted by atomic mass is 35.5. The molecule has 1 rings (SSSR count). The Bertz CT molecular complexity index is 338. The molecule has 0 heterocycles. The highest BCUT2D eigenvalue weighted by Gasteiger charge is 2.30. The fourth-order valence-electron chi connectivity index (χ4n) is 1.41. The molecule has 0 amide bonds. The normalized spacial score (nSPS) is 12.9. The average molecular weight is 251 g/mol. The van der Waals surface area contributed by atoms with Crippen molar-refractivity contribution in [1.29, 1.82) is 0 Å². The van der Waals surface area contributed by atoms with Crippen molar-refractivity contribution in [3.63, 3.8) is 0 Å². The van der Waals surface area contributed by atoms with Gasteiger partial charge >= 0.3 is 6.18 Å². The van der Waals surface area contributed by atoms with Crippen molar-refractivity contribution >= 4 is 11.6 Å². The molecule has 0 fully saturated rings. The van der Waals surface area contributed by atoms with Crippen LogP contribution in [-0.4, -0.2) is 5.88 Å². The maximum atomic E-state index is 12.3. The van der Waals surface area contributed by atoms with Gasteiger partial charge in [0.25, 0.3) is 0 Å². The molecule has 0 unspecified atom stereocenters. The van der Waals surface area contributed by atoms with Gasteiger partial charge in [-0.15, -0.1) is 11.6 Å². The summed E-state index contributed by atoms with van der Waals surface area (Å²) in [5.41, 5.74) is 0.167. The lowest BCUT2D eigenvalue weighted by Crippen LogP contribution is -2.16. The van der Waals surface area contributed by atoms with Crippen molar-refractivity contribution in [3.05, 3.63) is 35.4 Å². The van der Waals surface area contributed by atoms with E-state index in [0.29, 0.717) is 12.3 Å². The number of halogens is 4. The van der Waals surface area contributed by atoms with Gasteiger partial charge in [-0.2, -0.15) is 13.2 Å². The van der Waals surface area contributed by atoms with E-state index in [1.54, 1.807) is 0 Å². The number of alkyl halides is 4. The van der Waals surface area contributed by atoms with E-state index in [4.69, 9.17) is 11.6 Å². The van der Waals surface area contributed by atoms with Gasteiger partial charge in [-0.3, -0.25) is 0 Å². The predicted octanol–water partition coefficient (Wildman–Crippen LogP) is 4.51. The van der Waals surface area contributed by atoms with Gasteiger partial charge in [0, 0.05) is 5.88 Å². The fraction of sp³-hybridized carbons (Fsp3) is 0.500. The molecule has 0 N–H and O–H groups in total. The van der Waals surface area contributed by atoms with E-state index in [2.05, 4.69) is 0 Å². The number of hydrogen-bond donors (Lipinski definition) is 0. The van der Waals surface area contributed by atoms with E-state index >= 15 is 0 Å². The zero-order valence-electron chi connectivity index (χ0n) is 9.24. The minimum atomic E-state index is -4.26.